The zero-order valence-electron chi connectivity index (χ0n) is 10.8. The number of carbonyl (C=O) groups is 1. The van der Waals surface area contributed by atoms with Crippen LogP contribution >= 0.6 is 0 Å². The van der Waals surface area contributed by atoms with Crippen LogP contribution in [-0.2, 0) is 9.47 Å². The van der Waals surface area contributed by atoms with E-state index in [0.717, 1.165) is 0 Å². The highest BCUT2D eigenvalue weighted by Crippen LogP contribution is 2.10. The number of nitrogens with zero attached hydrogens (tertiary/aromatic N) is 2. The van der Waals surface area contributed by atoms with E-state index in [2.05, 4.69) is 0 Å². The lowest BCUT2D eigenvalue weighted by Gasteiger charge is -2.22. The Bertz CT molecular complexity index is 478. The monoisotopic (exact) mass is 260 g/mol. The fourth-order valence-corrected chi connectivity index (χ4v) is 1.98. The molecular weight excluding hydrogens is 244 g/mol. The maximum Gasteiger partial charge on any atom is 0.254 e. The number of nitriles is 1. The standard InChI is InChI=1S/C14H16N2O3/c1-18-13-9-16(6-7-19-10-13)14(17)12-4-2-11(8-15)3-5-12/h2-5,13H,6-7,9-10H2,1H3/t13-/m1/s1. The molecule has 0 saturated carbocycles. The molecule has 0 radical (unpaired) electrons. The first-order valence-electron chi connectivity index (χ1n) is 6.14. The summed E-state index contributed by atoms with van der Waals surface area (Å²) in [6.45, 7) is 2.10. The van der Waals surface area contributed by atoms with Gasteiger partial charge in [-0.25, -0.2) is 0 Å². The van der Waals surface area contributed by atoms with Crippen LogP contribution in [0.15, 0.2) is 24.3 Å². The maximum atomic E-state index is 12.3. The van der Waals surface area contributed by atoms with Crippen LogP contribution in [0.5, 0.6) is 0 Å². The maximum absolute atomic E-state index is 12.3. The molecule has 0 aliphatic carbocycles. The van der Waals surface area contributed by atoms with Crippen LogP contribution in [0.2, 0.25) is 0 Å². The molecule has 100 valence electrons. The first-order chi connectivity index (χ1) is 9.24. The average Bonchev–Trinajstić information content (AvgIpc) is 2.72. The van der Waals surface area contributed by atoms with Crippen molar-refractivity contribution in [2.24, 2.45) is 0 Å². The van der Waals surface area contributed by atoms with Gasteiger partial charge in [-0.3, -0.25) is 4.79 Å². The Morgan fingerprint density at radius 3 is 2.84 bits per heavy atom. The van der Waals surface area contributed by atoms with Crippen molar-refractivity contribution in [3.8, 4) is 6.07 Å². The molecule has 1 fully saturated rings. The molecule has 1 saturated heterocycles. The summed E-state index contributed by atoms with van der Waals surface area (Å²) in [5.41, 5.74) is 1.13. The fraction of sp³-hybridized carbons (Fsp3) is 0.429. The van der Waals surface area contributed by atoms with E-state index in [1.165, 1.54) is 0 Å². The van der Waals surface area contributed by atoms with Crippen molar-refractivity contribution in [1.82, 2.24) is 4.90 Å². The number of benzene rings is 1. The zero-order chi connectivity index (χ0) is 13.7. The van der Waals surface area contributed by atoms with E-state index < -0.39 is 0 Å². The van der Waals surface area contributed by atoms with Gasteiger partial charge in [0.1, 0.15) is 0 Å². The van der Waals surface area contributed by atoms with Gasteiger partial charge in [-0.15, -0.1) is 0 Å². The highest BCUT2D eigenvalue weighted by molar-refractivity contribution is 5.94. The topological polar surface area (TPSA) is 62.6 Å². The van der Waals surface area contributed by atoms with Crippen molar-refractivity contribution in [1.29, 1.82) is 5.26 Å². The van der Waals surface area contributed by atoms with Gasteiger partial charge in [-0.05, 0) is 24.3 Å². The number of amides is 1. The molecule has 19 heavy (non-hydrogen) atoms. The number of hydrogen-bond donors (Lipinski definition) is 0. The molecule has 0 aromatic heterocycles. The number of rotatable bonds is 2. The molecule has 5 nitrogen and oxygen atoms in total. The van der Waals surface area contributed by atoms with Crippen molar-refractivity contribution in [3.63, 3.8) is 0 Å². The highest BCUT2D eigenvalue weighted by Gasteiger charge is 2.23. The van der Waals surface area contributed by atoms with Gasteiger partial charge in [0.05, 0.1) is 31.0 Å². The Kier molecular flexibility index (Phi) is 4.50. The van der Waals surface area contributed by atoms with Gasteiger partial charge in [0.2, 0.25) is 0 Å². The number of ether oxygens (including phenoxy) is 2. The number of methoxy groups -OCH3 is 1. The van der Waals surface area contributed by atoms with Crippen LogP contribution in [0, 0.1) is 11.3 Å². The van der Waals surface area contributed by atoms with Gasteiger partial charge >= 0.3 is 0 Å². The Morgan fingerprint density at radius 1 is 1.47 bits per heavy atom. The van der Waals surface area contributed by atoms with Crippen molar-refractivity contribution < 1.29 is 14.3 Å². The minimum Gasteiger partial charge on any atom is -0.377 e. The quantitative estimate of drug-likeness (QED) is 0.797. The highest BCUT2D eigenvalue weighted by atomic mass is 16.5. The van der Waals surface area contributed by atoms with Crippen LogP contribution in [0.4, 0.5) is 0 Å². The molecule has 0 N–H and O–H groups in total. The molecular formula is C14H16N2O3. The number of carbonyl (C=O) groups excluding carboxylic acids is 1. The summed E-state index contributed by atoms with van der Waals surface area (Å²) >= 11 is 0. The van der Waals surface area contributed by atoms with Crippen LogP contribution in [0.25, 0.3) is 0 Å². The smallest absolute Gasteiger partial charge is 0.254 e. The molecule has 1 heterocycles. The van der Waals surface area contributed by atoms with E-state index in [1.54, 1.807) is 36.3 Å². The average molecular weight is 260 g/mol. The van der Waals surface area contributed by atoms with E-state index in [9.17, 15) is 4.79 Å². The molecule has 1 aliphatic heterocycles. The normalized spacial score (nSPS) is 19.6. The summed E-state index contributed by atoms with van der Waals surface area (Å²) in [5, 5.41) is 8.74. The largest absolute Gasteiger partial charge is 0.377 e. The molecule has 5 heteroatoms. The van der Waals surface area contributed by atoms with Crippen molar-refractivity contribution in [3.05, 3.63) is 35.4 Å². The minimum absolute atomic E-state index is 0.0583. The molecule has 2 rings (SSSR count). The van der Waals surface area contributed by atoms with Crippen LogP contribution < -0.4 is 0 Å². The van der Waals surface area contributed by atoms with Crippen LogP contribution in [0.3, 0.4) is 0 Å². The van der Waals surface area contributed by atoms with Crippen LogP contribution in [-0.4, -0.2) is 50.3 Å². The van der Waals surface area contributed by atoms with E-state index >= 15 is 0 Å². The lowest BCUT2D eigenvalue weighted by atomic mass is 10.1. The predicted molar refractivity (Wildman–Crippen MR) is 68.7 cm³/mol. The second-order valence-electron chi connectivity index (χ2n) is 4.37. The molecule has 0 unspecified atom stereocenters. The third kappa shape index (κ3) is 3.31. The van der Waals surface area contributed by atoms with Gasteiger partial charge in [0.25, 0.3) is 5.91 Å². The fourth-order valence-electron chi connectivity index (χ4n) is 1.98. The van der Waals surface area contributed by atoms with Gasteiger partial charge in [-0.1, -0.05) is 0 Å². The molecule has 1 aromatic rings. The first-order valence-corrected chi connectivity index (χ1v) is 6.14. The van der Waals surface area contributed by atoms with Gasteiger partial charge in [-0.2, -0.15) is 5.26 Å². The summed E-state index contributed by atoms with van der Waals surface area (Å²) in [6.07, 6.45) is -0.0927. The van der Waals surface area contributed by atoms with Crippen molar-refractivity contribution in [2.45, 2.75) is 6.10 Å². The third-order valence-corrected chi connectivity index (χ3v) is 3.11. The van der Waals surface area contributed by atoms with E-state index in [4.69, 9.17) is 14.7 Å². The molecule has 0 bridgehead atoms. The van der Waals surface area contributed by atoms with E-state index in [0.29, 0.717) is 37.4 Å². The first kappa shape index (κ1) is 13.5. The van der Waals surface area contributed by atoms with Crippen LogP contribution in [0.1, 0.15) is 15.9 Å². The van der Waals surface area contributed by atoms with Crippen molar-refractivity contribution >= 4 is 5.91 Å². The lowest BCUT2D eigenvalue weighted by Crippen LogP contribution is -2.38. The molecule has 1 atom stereocenters. The molecule has 0 spiro atoms. The predicted octanol–water partition coefficient (Wildman–Crippen LogP) is 1.05. The van der Waals surface area contributed by atoms with E-state index in [-0.39, 0.29) is 12.0 Å². The molecule has 1 aromatic carbocycles. The lowest BCUT2D eigenvalue weighted by molar-refractivity contribution is 0.0225. The summed E-state index contributed by atoms with van der Waals surface area (Å²) in [7, 11) is 1.61. The summed E-state index contributed by atoms with van der Waals surface area (Å²) in [5.74, 6) is -0.0583. The SMILES string of the molecule is CO[C@H]1COCCN(C(=O)c2ccc(C#N)cc2)C1. The summed E-state index contributed by atoms with van der Waals surface area (Å²) in [6, 6.07) is 8.68. The Morgan fingerprint density at radius 2 is 2.21 bits per heavy atom. The Labute approximate surface area is 112 Å². The second kappa shape index (κ2) is 6.32. The van der Waals surface area contributed by atoms with Gasteiger partial charge in [0.15, 0.2) is 0 Å². The minimum atomic E-state index is -0.0927. The Balaban J connectivity index is 2.10. The second-order valence-corrected chi connectivity index (χ2v) is 4.37. The Hall–Kier alpha value is -1.90. The van der Waals surface area contributed by atoms with Gasteiger partial charge < -0.3 is 14.4 Å². The van der Waals surface area contributed by atoms with Gasteiger partial charge in [0, 0.05) is 25.8 Å². The molecule has 1 aliphatic rings. The molecule has 1 amide bonds. The summed E-state index contributed by atoms with van der Waals surface area (Å²) < 4.78 is 10.7. The number of hydrogen-bond acceptors (Lipinski definition) is 4. The zero-order valence-corrected chi connectivity index (χ0v) is 10.8. The summed E-state index contributed by atoms with van der Waals surface area (Å²) in [4.78, 5) is 14.1. The third-order valence-electron chi connectivity index (χ3n) is 3.11. The van der Waals surface area contributed by atoms with Crippen molar-refractivity contribution in [2.75, 3.05) is 33.4 Å². The van der Waals surface area contributed by atoms with E-state index in [1.807, 2.05) is 6.07 Å².